The first-order valence-corrected chi connectivity index (χ1v) is 10.3. The van der Waals surface area contributed by atoms with Crippen LogP contribution in [0.2, 0.25) is 0 Å². The van der Waals surface area contributed by atoms with E-state index in [2.05, 4.69) is 13.8 Å². The van der Waals surface area contributed by atoms with Gasteiger partial charge in [-0.05, 0) is 80.5 Å². The minimum atomic E-state index is -0.0567. The minimum Gasteiger partial charge on any atom is -0.461 e. The van der Waals surface area contributed by atoms with E-state index in [9.17, 15) is 9.90 Å². The van der Waals surface area contributed by atoms with Crippen molar-refractivity contribution in [3.05, 3.63) is 0 Å². The second kappa shape index (κ2) is 4.99. The number of rotatable bonds is 0. The van der Waals surface area contributed by atoms with Crippen LogP contribution in [0, 0.1) is 40.4 Å². The normalized spacial score (nSPS) is 59.1. The Hall–Kier alpha value is -0.570. The predicted molar refractivity (Wildman–Crippen MR) is 91.1 cm³/mol. The van der Waals surface area contributed by atoms with E-state index in [-0.39, 0.29) is 23.6 Å². The van der Waals surface area contributed by atoms with Crippen LogP contribution >= 0.6 is 0 Å². The third-order valence-corrected chi connectivity index (χ3v) is 9.40. The lowest BCUT2D eigenvalue weighted by Gasteiger charge is -2.60. The first kappa shape index (κ1) is 15.7. The zero-order valence-corrected chi connectivity index (χ0v) is 15.2. The Morgan fingerprint density at radius 1 is 1.00 bits per heavy atom. The Balaban J connectivity index is 1.44. The monoisotopic (exact) mass is 332 g/mol. The third-order valence-electron chi connectivity index (χ3n) is 9.40. The summed E-state index contributed by atoms with van der Waals surface area (Å²) in [6.07, 6.45) is 10.5. The number of hydrogen-bond donors (Lipinski definition) is 1. The smallest absolute Gasteiger partial charge is 0.306 e. The molecule has 5 fully saturated rings. The van der Waals surface area contributed by atoms with Crippen LogP contribution in [0.15, 0.2) is 0 Å². The Morgan fingerprint density at radius 3 is 2.62 bits per heavy atom. The highest BCUT2D eigenvalue weighted by atomic mass is 16.6. The number of aliphatic hydroxyl groups excluding tert-OH is 1. The van der Waals surface area contributed by atoms with Crippen molar-refractivity contribution in [3.8, 4) is 0 Å². The lowest BCUT2D eigenvalue weighted by Crippen LogP contribution is -2.54. The molecule has 0 amide bonds. The third kappa shape index (κ3) is 1.91. The maximum absolute atomic E-state index is 11.8. The number of esters is 1. The molecule has 3 heteroatoms. The summed E-state index contributed by atoms with van der Waals surface area (Å²) in [6, 6.07) is 0. The van der Waals surface area contributed by atoms with Crippen LogP contribution in [0.4, 0.5) is 0 Å². The molecule has 1 heterocycles. The van der Waals surface area contributed by atoms with Gasteiger partial charge in [-0.1, -0.05) is 13.8 Å². The Labute approximate surface area is 145 Å². The molecular formula is C21H32O3. The van der Waals surface area contributed by atoms with Gasteiger partial charge >= 0.3 is 5.97 Å². The van der Waals surface area contributed by atoms with E-state index in [4.69, 9.17) is 4.74 Å². The Morgan fingerprint density at radius 2 is 1.79 bits per heavy atom. The van der Waals surface area contributed by atoms with Crippen molar-refractivity contribution in [2.75, 3.05) is 0 Å². The molecule has 9 atom stereocenters. The van der Waals surface area contributed by atoms with Crippen LogP contribution in [0.3, 0.4) is 0 Å². The number of carbonyl (C=O) groups is 1. The molecule has 5 rings (SSSR count). The zero-order chi connectivity index (χ0) is 16.7. The van der Waals surface area contributed by atoms with Gasteiger partial charge in [0.15, 0.2) is 0 Å². The molecule has 4 aliphatic carbocycles. The molecule has 4 saturated carbocycles. The molecule has 0 unspecified atom stereocenters. The highest BCUT2D eigenvalue weighted by Crippen LogP contribution is 2.68. The molecule has 3 nitrogen and oxygen atoms in total. The van der Waals surface area contributed by atoms with Gasteiger partial charge in [0.1, 0.15) is 6.10 Å². The van der Waals surface area contributed by atoms with Crippen LogP contribution in [0.25, 0.3) is 0 Å². The number of hydrogen-bond acceptors (Lipinski definition) is 3. The molecule has 1 N–H and O–H groups in total. The lowest BCUT2D eigenvalue weighted by atomic mass is 9.45. The molecule has 1 saturated heterocycles. The van der Waals surface area contributed by atoms with E-state index < -0.39 is 0 Å². The van der Waals surface area contributed by atoms with Gasteiger partial charge in [0, 0.05) is 11.3 Å². The van der Waals surface area contributed by atoms with Crippen molar-refractivity contribution in [2.45, 2.75) is 83.8 Å². The second-order valence-electron chi connectivity index (χ2n) is 10.2. The SMILES string of the molecule is C[C@]12CC[C@H](O)C[C@@H]1CC[C@@H]1[C@@H]2CC[C@@]2(C)[C@H]1C[C@H]1CC(=O)O[C@@H]12. The van der Waals surface area contributed by atoms with Gasteiger partial charge in [-0.3, -0.25) is 4.79 Å². The van der Waals surface area contributed by atoms with E-state index >= 15 is 0 Å². The highest BCUT2D eigenvalue weighted by molar-refractivity contribution is 5.72. The average Bonchev–Trinajstić information content (AvgIpc) is 3.03. The summed E-state index contributed by atoms with van der Waals surface area (Å²) in [6.45, 7) is 4.97. The maximum atomic E-state index is 11.8. The molecule has 0 aromatic carbocycles. The minimum absolute atomic E-state index is 0.0451. The van der Waals surface area contributed by atoms with Crippen molar-refractivity contribution >= 4 is 5.97 Å². The topological polar surface area (TPSA) is 46.5 Å². The number of aliphatic hydroxyl groups is 1. The van der Waals surface area contributed by atoms with Gasteiger partial charge in [-0.25, -0.2) is 0 Å². The number of fused-ring (bicyclic) bond motifs is 7. The molecule has 5 aliphatic rings. The number of ether oxygens (including phenoxy) is 1. The van der Waals surface area contributed by atoms with E-state index in [0.29, 0.717) is 17.8 Å². The van der Waals surface area contributed by atoms with Crippen molar-refractivity contribution in [3.63, 3.8) is 0 Å². The summed E-state index contributed by atoms with van der Waals surface area (Å²) >= 11 is 0. The second-order valence-corrected chi connectivity index (χ2v) is 10.2. The van der Waals surface area contributed by atoms with Gasteiger partial charge in [-0.15, -0.1) is 0 Å². The zero-order valence-electron chi connectivity index (χ0n) is 15.2. The van der Waals surface area contributed by atoms with E-state index in [1.807, 2.05) is 0 Å². The van der Waals surface area contributed by atoms with E-state index in [1.165, 1.54) is 38.5 Å². The Kier molecular flexibility index (Phi) is 3.26. The fourth-order valence-corrected chi connectivity index (χ4v) is 8.19. The standard InChI is InChI=1S/C21H32O3/c1-20-7-5-14(22)11-13(20)3-4-15-16(20)6-8-21(2)17(15)9-12-10-18(23)24-19(12)21/h12-17,19,22H,3-11H2,1-2H3/t12-,13-,14-,15+,16-,17-,19-,20-,21-/m0/s1. The molecule has 0 aromatic heterocycles. The highest BCUT2D eigenvalue weighted by Gasteiger charge is 2.64. The fraction of sp³-hybridized carbons (Fsp3) is 0.952. The summed E-state index contributed by atoms with van der Waals surface area (Å²) < 4.78 is 5.81. The number of carbonyl (C=O) groups excluding carboxylic acids is 1. The molecule has 0 bridgehead atoms. The first-order valence-electron chi connectivity index (χ1n) is 10.3. The quantitative estimate of drug-likeness (QED) is 0.684. The van der Waals surface area contributed by atoms with Gasteiger partial charge < -0.3 is 9.84 Å². The van der Waals surface area contributed by atoms with Gasteiger partial charge in [0.2, 0.25) is 0 Å². The summed E-state index contributed by atoms with van der Waals surface area (Å²) in [4.78, 5) is 11.8. The molecule has 0 aromatic rings. The van der Waals surface area contributed by atoms with E-state index in [0.717, 1.165) is 36.5 Å². The van der Waals surface area contributed by atoms with Crippen molar-refractivity contribution in [2.24, 2.45) is 40.4 Å². The Bertz CT molecular complexity index is 559. The molecule has 24 heavy (non-hydrogen) atoms. The lowest BCUT2D eigenvalue weighted by molar-refractivity contribution is -0.158. The molecule has 0 radical (unpaired) electrons. The van der Waals surface area contributed by atoms with Gasteiger partial charge in [0.25, 0.3) is 0 Å². The van der Waals surface area contributed by atoms with Crippen LogP contribution in [0.5, 0.6) is 0 Å². The summed E-state index contributed by atoms with van der Waals surface area (Å²) in [5.74, 6) is 3.67. The van der Waals surface area contributed by atoms with Crippen molar-refractivity contribution < 1.29 is 14.6 Å². The largest absolute Gasteiger partial charge is 0.461 e. The predicted octanol–water partition coefficient (Wildman–Crippen LogP) is 3.93. The van der Waals surface area contributed by atoms with Crippen molar-refractivity contribution in [1.29, 1.82) is 0 Å². The van der Waals surface area contributed by atoms with Crippen LogP contribution < -0.4 is 0 Å². The van der Waals surface area contributed by atoms with Crippen LogP contribution in [-0.2, 0) is 9.53 Å². The van der Waals surface area contributed by atoms with Crippen LogP contribution in [0.1, 0.15) is 71.6 Å². The van der Waals surface area contributed by atoms with Gasteiger partial charge in [0.05, 0.1) is 12.5 Å². The van der Waals surface area contributed by atoms with Crippen LogP contribution in [-0.4, -0.2) is 23.3 Å². The van der Waals surface area contributed by atoms with Gasteiger partial charge in [-0.2, -0.15) is 0 Å². The average molecular weight is 332 g/mol. The summed E-state index contributed by atoms with van der Waals surface area (Å²) in [7, 11) is 0. The molecular weight excluding hydrogens is 300 g/mol. The fourth-order valence-electron chi connectivity index (χ4n) is 8.19. The molecule has 1 aliphatic heterocycles. The first-order chi connectivity index (χ1) is 11.4. The summed E-state index contributed by atoms with van der Waals surface area (Å²) in [5.41, 5.74) is 0.674. The molecule has 0 spiro atoms. The summed E-state index contributed by atoms with van der Waals surface area (Å²) in [5, 5.41) is 10.1. The van der Waals surface area contributed by atoms with E-state index in [1.54, 1.807) is 0 Å². The molecule has 134 valence electrons. The van der Waals surface area contributed by atoms with Crippen molar-refractivity contribution in [1.82, 2.24) is 0 Å². The maximum Gasteiger partial charge on any atom is 0.306 e.